The summed E-state index contributed by atoms with van der Waals surface area (Å²) in [5.74, 6) is 3.19. The number of carbonyl (C=O) groups is 2. The third kappa shape index (κ3) is 3.78. The summed E-state index contributed by atoms with van der Waals surface area (Å²) >= 11 is 0. The summed E-state index contributed by atoms with van der Waals surface area (Å²) in [6.45, 7) is 20.0. The summed E-state index contributed by atoms with van der Waals surface area (Å²) in [6, 6.07) is 8.05. The molecule has 0 saturated heterocycles. The van der Waals surface area contributed by atoms with Crippen LogP contribution in [0.15, 0.2) is 42.5 Å². The lowest BCUT2D eigenvalue weighted by atomic mass is 9.32. The van der Waals surface area contributed by atoms with Gasteiger partial charge in [-0.3, -0.25) is 9.59 Å². The Morgan fingerprint density at radius 1 is 0.905 bits per heavy atom. The zero-order chi connectivity index (χ0) is 30.3. The summed E-state index contributed by atoms with van der Waals surface area (Å²) in [4.78, 5) is 24.3. The average Bonchev–Trinajstić information content (AvgIpc) is 3.35. The Hall–Kier alpha value is -2.36. The highest BCUT2D eigenvalue weighted by molar-refractivity contribution is 5.78. The van der Waals surface area contributed by atoms with Crippen molar-refractivity contribution in [1.82, 2.24) is 0 Å². The minimum atomic E-state index is -0.330. The van der Waals surface area contributed by atoms with E-state index in [4.69, 9.17) is 9.47 Å². The summed E-state index contributed by atoms with van der Waals surface area (Å²) < 4.78 is 10.6. The first-order valence-electron chi connectivity index (χ1n) is 16.5. The fourth-order valence-corrected chi connectivity index (χ4v) is 12.6. The highest BCUT2D eigenvalue weighted by Gasteiger charge is 2.71. The molecule has 6 rings (SSSR count). The van der Waals surface area contributed by atoms with Gasteiger partial charge in [-0.15, -0.1) is 0 Å². The van der Waals surface area contributed by atoms with Gasteiger partial charge in [0, 0.05) is 0 Å². The van der Waals surface area contributed by atoms with Crippen LogP contribution in [0, 0.1) is 56.7 Å². The second kappa shape index (κ2) is 9.83. The third-order valence-corrected chi connectivity index (χ3v) is 14.6. The zero-order valence-corrected chi connectivity index (χ0v) is 27.1. The number of carbonyl (C=O) groups excluding carboxylic acids is 2. The first kappa shape index (κ1) is 29.7. The lowest BCUT2D eigenvalue weighted by Crippen LogP contribution is -2.66. The Balaban J connectivity index is 1.36. The maximum atomic E-state index is 13.5. The molecule has 0 amide bonds. The number of rotatable bonds is 5. The van der Waals surface area contributed by atoms with Gasteiger partial charge in [0.1, 0.15) is 5.75 Å². The Bertz CT molecular complexity index is 1310. The smallest absolute Gasteiger partial charge is 0.312 e. The number of hydrogen-bond acceptors (Lipinski definition) is 4. The van der Waals surface area contributed by atoms with Gasteiger partial charge in [-0.05, 0) is 139 Å². The van der Waals surface area contributed by atoms with Gasteiger partial charge in [-0.25, -0.2) is 0 Å². The number of methoxy groups -OCH3 is 1. The zero-order valence-electron chi connectivity index (χ0n) is 27.1. The molecule has 9 atom stereocenters. The molecule has 0 spiro atoms. The molecule has 0 aromatic heterocycles. The molecular weight excluding hydrogens is 520 g/mol. The second-order valence-corrected chi connectivity index (χ2v) is 16.1. The Morgan fingerprint density at radius 2 is 1.62 bits per heavy atom. The van der Waals surface area contributed by atoms with Crippen LogP contribution in [0.25, 0.3) is 5.57 Å². The van der Waals surface area contributed by atoms with Crippen LogP contribution in [-0.4, -0.2) is 19.6 Å². The lowest BCUT2D eigenvalue weighted by molar-refractivity contribution is -0.228. The Morgan fingerprint density at radius 3 is 2.26 bits per heavy atom. The van der Waals surface area contributed by atoms with Gasteiger partial charge >= 0.3 is 5.97 Å². The molecule has 4 heteroatoms. The molecule has 0 heterocycles. The van der Waals surface area contributed by atoms with Crippen molar-refractivity contribution in [3.05, 3.63) is 48.1 Å². The number of hydrogen-bond donors (Lipinski definition) is 0. The van der Waals surface area contributed by atoms with Gasteiger partial charge in [-0.1, -0.05) is 65.0 Å². The fraction of sp³-hybridized carbons (Fsp3) is 0.684. The average molecular weight is 573 g/mol. The number of benzene rings is 1. The predicted octanol–water partition coefficient (Wildman–Crippen LogP) is 9.05. The van der Waals surface area contributed by atoms with E-state index in [1.807, 2.05) is 12.1 Å². The van der Waals surface area contributed by atoms with Crippen LogP contribution in [0.2, 0.25) is 0 Å². The minimum Gasteiger partial charge on any atom is -0.469 e. The van der Waals surface area contributed by atoms with Gasteiger partial charge in [0.2, 0.25) is 0 Å². The van der Waals surface area contributed by atoms with Gasteiger partial charge in [0.25, 0.3) is 6.47 Å². The van der Waals surface area contributed by atoms with Crippen LogP contribution in [0.3, 0.4) is 0 Å². The topological polar surface area (TPSA) is 52.6 Å². The molecule has 0 aliphatic heterocycles. The van der Waals surface area contributed by atoms with E-state index in [1.165, 1.54) is 42.4 Å². The maximum absolute atomic E-state index is 13.5. The molecule has 1 aromatic rings. The third-order valence-electron chi connectivity index (χ3n) is 14.6. The van der Waals surface area contributed by atoms with Crippen LogP contribution in [0.1, 0.15) is 105 Å². The summed E-state index contributed by atoms with van der Waals surface area (Å²) in [6.07, 6.45) is 12.7. The van der Waals surface area contributed by atoms with Crippen molar-refractivity contribution in [1.29, 1.82) is 0 Å². The van der Waals surface area contributed by atoms with Gasteiger partial charge in [0.15, 0.2) is 0 Å². The molecule has 0 bridgehead atoms. The molecule has 4 saturated carbocycles. The van der Waals surface area contributed by atoms with Crippen LogP contribution in [0.5, 0.6) is 5.75 Å². The lowest BCUT2D eigenvalue weighted by Gasteiger charge is -2.72. The largest absolute Gasteiger partial charge is 0.469 e. The van der Waals surface area contributed by atoms with Crippen LogP contribution in [-0.2, 0) is 14.3 Å². The van der Waals surface area contributed by atoms with Crippen LogP contribution >= 0.6 is 0 Å². The van der Waals surface area contributed by atoms with Crippen molar-refractivity contribution in [2.45, 2.75) is 99.3 Å². The molecule has 0 N–H and O–H groups in total. The maximum Gasteiger partial charge on any atom is 0.312 e. The van der Waals surface area contributed by atoms with E-state index in [0.717, 1.165) is 32.1 Å². The van der Waals surface area contributed by atoms with Gasteiger partial charge < -0.3 is 9.47 Å². The first-order chi connectivity index (χ1) is 19.8. The highest BCUT2D eigenvalue weighted by Crippen LogP contribution is 2.77. The Kier molecular flexibility index (Phi) is 6.95. The minimum absolute atomic E-state index is 0.0405. The second-order valence-electron chi connectivity index (χ2n) is 16.1. The summed E-state index contributed by atoms with van der Waals surface area (Å²) in [5.41, 5.74) is 4.31. The van der Waals surface area contributed by atoms with Crippen LogP contribution in [0.4, 0.5) is 0 Å². The van der Waals surface area contributed by atoms with Crippen molar-refractivity contribution in [2.24, 2.45) is 56.7 Å². The first-order valence-corrected chi connectivity index (χ1v) is 16.5. The number of fused-ring (bicyclic) bond motifs is 7. The van der Waals surface area contributed by atoms with Crippen molar-refractivity contribution < 1.29 is 19.1 Å². The monoisotopic (exact) mass is 572 g/mol. The van der Waals surface area contributed by atoms with E-state index >= 15 is 0 Å². The predicted molar refractivity (Wildman–Crippen MR) is 167 cm³/mol. The molecule has 0 unspecified atom stereocenters. The quantitative estimate of drug-likeness (QED) is 0.201. The molecule has 42 heavy (non-hydrogen) atoms. The number of esters is 1. The summed E-state index contributed by atoms with van der Waals surface area (Å²) in [7, 11) is 1.59. The van der Waals surface area contributed by atoms with E-state index in [0.29, 0.717) is 41.8 Å². The van der Waals surface area contributed by atoms with Crippen LogP contribution < -0.4 is 4.74 Å². The standard InChI is InChI=1S/C38H52O4/c1-24(2)27-15-20-38(33(40)41-8)22-21-36(6)29(32(27)38)13-14-31-35(5)18-16-28(25-9-11-26(12-10-25)42-23-39)34(3,4)30(35)17-19-37(31,36)7/h9-12,16,23,27,29-32H,1,13-15,17-22H2,2-8H3/t27-,29+,30-,31+,32+,35-,36+,37+,38-/m0/s1. The molecule has 228 valence electrons. The molecule has 0 radical (unpaired) electrons. The van der Waals surface area contributed by atoms with E-state index in [-0.39, 0.29) is 33.0 Å². The summed E-state index contributed by atoms with van der Waals surface area (Å²) in [5, 5.41) is 0. The van der Waals surface area contributed by atoms with E-state index in [9.17, 15) is 9.59 Å². The van der Waals surface area contributed by atoms with Crippen molar-refractivity contribution >= 4 is 18.0 Å². The normalized spacial score (nSPS) is 43.5. The van der Waals surface area contributed by atoms with Gasteiger partial charge in [0.05, 0.1) is 12.5 Å². The number of ether oxygens (including phenoxy) is 2. The molecule has 5 aliphatic carbocycles. The molecule has 4 nitrogen and oxygen atoms in total. The highest BCUT2D eigenvalue weighted by atomic mass is 16.5. The SMILES string of the molecule is C=C(C)[C@@H]1CC[C@]2(C(=O)OC)CC[C@]3(C)[C@H](CC[C@@H]4[C@@]5(C)CC=C(c6ccc(OC=O)cc6)C(C)(C)[C@@H]5CC[C@]43C)[C@@H]12. The van der Waals surface area contributed by atoms with Crippen molar-refractivity contribution in [3.8, 4) is 5.75 Å². The van der Waals surface area contributed by atoms with E-state index in [1.54, 1.807) is 7.11 Å². The van der Waals surface area contributed by atoms with Crippen molar-refractivity contribution in [2.75, 3.05) is 7.11 Å². The molecule has 4 fully saturated rings. The molecule has 5 aliphatic rings. The van der Waals surface area contributed by atoms with E-state index in [2.05, 4.69) is 66.3 Å². The molecule has 1 aromatic carbocycles. The Labute approximate surface area is 253 Å². The number of allylic oxidation sites excluding steroid dienone is 3. The van der Waals surface area contributed by atoms with E-state index < -0.39 is 0 Å². The fourth-order valence-electron chi connectivity index (χ4n) is 12.6. The molecular formula is C38H52O4. The van der Waals surface area contributed by atoms with Crippen molar-refractivity contribution in [3.63, 3.8) is 0 Å². The van der Waals surface area contributed by atoms with Gasteiger partial charge in [-0.2, -0.15) is 0 Å².